The highest BCUT2D eigenvalue weighted by molar-refractivity contribution is 7.18. The van der Waals surface area contributed by atoms with Gasteiger partial charge in [-0.3, -0.25) is 14.5 Å². The van der Waals surface area contributed by atoms with E-state index in [0.717, 1.165) is 31.9 Å². The molecule has 0 saturated carbocycles. The van der Waals surface area contributed by atoms with E-state index >= 15 is 0 Å². The van der Waals surface area contributed by atoms with Gasteiger partial charge in [0, 0.05) is 61.0 Å². The van der Waals surface area contributed by atoms with E-state index in [4.69, 9.17) is 11.6 Å². The van der Waals surface area contributed by atoms with Gasteiger partial charge in [0.1, 0.15) is 16.5 Å². The number of amides is 1. The number of likely N-dealkylation sites (N-methyl/N-ethyl adjacent to an activating group) is 1. The SMILES string of the molecule is CN(Cc1cc2c(=O)c(C(=O)NCc3ccc(Cl)cc3)cn(C)c2s1)CC(O)c1cc2ccccc2n1C. The lowest BCUT2D eigenvalue weighted by Gasteiger charge is -2.20. The van der Waals surface area contributed by atoms with Crippen molar-refractivity contribution in [2.75, 3.05) is 13.6 Å². The number of hydrogen-bond donors (Lipinski definition) is 2. The lowest BCUT2D eigenvalue weighted by molar-refractivity contribution is 0.0949. The summed E-state index contributed by atoms with van der Waals surface area (Å²) in [6.45, 7) is 1.31. The maximum absolute atomic E-state index is 13.2. The summed E-state index contributed by atoms with van der Waals surface area (Å²) in [6, 6.07) is 19.1. The molecular formula is C29H29ClN4O3S. The van der Waals surface area contributed by atoms with E-state index in [9.17, 15) is 14.7 Å². The van der Waals surface area contributed by atoms with Crippen LogP contribution < -0.4 is 10.7 Å². The molecule has 2 N–H and O–H groups in total. The predicted molar refractivity (Wildman–Crippen MR) is 154 cm³/mol. The van der Waals surface area contributed by atoms with E-state index in [2.05, 4.69) is 5.32 Å². The first-order chi connectivity index (χ1) is 18.2. The van der Waals surface area contributed by atoms with E-state index in [1.165, 1.54) is 11.3 Å². The molecule has 0 aliphatic heterocycles. The first kappa shape index (κ1) is 26.2. The Labute approximate surface area is 229 Å². The average molecular weight is 549 g/mol. The molecule has 0 bridgehead atoms. The van der Waals surface area contributed by atoms with Gasteiger partial charge in [0.05, 0.1) is 5.39 Å². The Balaban J connectivity index is 1.30. The summed E-state index contributed by atoms with van der Waals surface area (Å²) in [5.41, 5.74) is 2.66. The van der Waals surface area contributed by atoms with Gasteiger partial charge >= 0.3 is 0 Å². The summed E-state index contributed by atoms with van der Waals surface area (Å²) in [5.74, 6) is -0.412. The highest BCUT2D eigenvalue weighted by atomic mass is 35.5. The largest absolute Gasteiger partial charge is 0.386 e. The highest BCUT2D eigenvalue weighted by Crippen LogP contribution is 2.27. The topological polar surface area (TPSA) is 79.5 Å². The predicted octanol–water partition coefficient (Wildman–Crippen LogP) is 4.84. The molecule has 7 nitrogen and oxygen atoms in total. The molecule has 1 amide bonds. The van der Waals surface area contributed by atoms with Gasteiger partial charge in [0.2, 0.25) is 5.43 Å². The van der Waals surface area contributed by atoms with Crippen molar-refractivity contribution in [3.05, 3.63) is 104 Å². The molecule has 0 radical (unpaired) electrons. The molecular weight excluding hydrogens is 520 g/mol. The van der Waals surface area contributed by atoms with Crippen LogP contribution in [0, 0.1) is 0 Å². The van der Waals surface area contributed by atoms with Crippen LogP contribution in [-0.2, 0) is 27.2 Å². The van der Waals surface area contributed by atoms with E-state index in [1.807, 2.05) is 83.7 Å². The van der Waals surface area contributed by atoms with E-state index in [1.54, 1.807) is 18.3 Å². The summed E-state index contributed by atoms with van der Waals surface area (Å²) < 4.78 is 3.85. The van der Waals surface area contributed by atoms with Crippen LogP contribution >= 0.6 is 22.9 Å². The number of hydrogen-bond acceptors (Lipinski definition) is 5. The zero-order valence-corrected chi connectivity index (χ0v) is 23.0. The monoisotopic (exact) mass is 548 g/mol. The van der Waals surface area contributed by atoms with Crippen molar-refractivity contribution in [1.29, 1.82) is 0 Å². The molecule has 3 heterocycles. The Morgan fingerprint density at radius 3 is 2.61 bits per heavy atom. The Morgan fingerprint density at radius 1 is 1.13 bits per heavy atom. The smallest absolute Gasteiger partial charge is 0.257 e. The fourth-order valence-electron chi connectivity index (χ4n) is 4.78. The summed E-state index contributed by atoms with van der Waals surface area (Å²) in [7, 11) is 5.75. The Morgan fingerprint density at radius 2 is 1.87 bits per heavy atom. The molecule has 3 aromatic heterocycles. The number of nitrogens with zero attached hydrogens (tertiary/aromatic N) is 3. The minimum Gasteiger partial charge on any atom is -0.386 e. The van der Waals surface area contributed by atoms with Gasteiger partial charge < -0.3 is 19.6 Å². The fraction of sp³-hybridized carbons (Fsp3) is 0.241. The number of thiophene rings is 1. The Kier molecular flexibility index (Phi) is 7.40. The third kappa shape index (κ3) is 5.26. The number of aliphatic hydroxyl groups is 1. The standard InChI is InChI=1S/C29H29ClN4O3S/c1-32(17-26(35)25-12-19-6-4-5-7-24(19)34(25)3)15-21-13-22-27(36)23(16-33(2)29(22)38-21)28(37)31-14-18-8-10-20(30)11-9-18/h4-13,16,26,35H,14-15,17H2,1-3H3,(H,31,37). The number of halogens is 1. The van der Waals surface area contributed by atoms with E-state index < -0.39 is 12.0 Å². The molecule has 5 rings (SSSR count). The maximum Gasteiger partial charge on any atom is 0.257 e. The summed E-state index contributed by atoms with van der Waals surface area (Å²) in [6.07, 6.45) is 0.935. The van der Waals surface area contributed by atoms with Crippen LogP contribution in [0.2, 0.25) is 5.02 Å². The number of nitrogens with one attached hydrogen (secondary N) is 1. The molecule has 0 fully saturated rings. The van der Waals surface area contributed by atoms with Gasteiger partial charge in [0.15, 0.2) is 0 Å². The van der Waals surface area contributed by atoms with Crippen molar-refractivity contribution in [2.24, 2.45) is 14.1 Å². The van der Waals surface area contributed by atoms with Crippen LogP contribution in [0.5, 0.6) is 0 Å². The number of carbonyl (C=O) groups is 1. The third-order valence-electron chi connectivity index (χ3n) is 6.75. The number of carbonyl (C=O) groups excluding carboxylic acids is 1. The number of aromatic nitrogens is 2. The van der Waals surface area contributed by atoms with Crippen LogP contribution in [0.1, 0.15) is 32.6 Å². The van der Waals surface area contributed by atoms with E-state index in [-0.39, 0.29) is 11.0 Å². The van der Waals surface area contributed by atoms with Crippen molar-refractivity contribution in [2.45, 2.75) is 19.2 Å². The first-order valence-electron chi connectivity index (χ1n) is 12.3. The fourth-order valence-corrected chi connectivity index (χ4v) is 6.08. The number of para-hydroxylation sites is 1. The van der Waals surface area contributed by atoms with Gasteiger partial charge in [-0.05, 0) is 48.3 Å². The molecule has 0 aliphatic carbocycles. The van der Waals surface area contributed by atoms with Gasteiger partial charge in [0.25, 0.3) is 5.91 Å². The molecule has 0 spiro atoms. The Bertz CT molecular complexity index is 1690. The van der Waals surface area contributed by atoms with Gasteiger partial charge in [-0.25, -0.2) is 0 Å². The molecule has 5 aromatic rings. The normalized spacial score (nSPS) is 12.5. The van der Waals surface area contributed by atoms with E-state index in [0.29, 0.717) is 30.0 Å². The van der Waals surface area contributed by atoms with Gasteiger partial charge in [-0.2, -0.15) is 0 Å². The molecule has 2 aromatic carbocycles. The maximum atomic E-state index is 13.2. The molecule has 1 unspecified atom stereocenters. The van der Waals surface area contributed by atoms with Crippen molar-refractivity contribution in [3.63, 3.8) is 0 Å². The van der Waals surface area contributed by atoms with Crippen LogP contribution in [0.3, 0.4) is 0 Å². The third-order valence-corrected chi connectivity index (χ3v) is 8.21. The minimum atomic E-state index is -0.658. The molecule has 1 atom stereocenters. The van der Waals surface area contributed by atoms with Crippen LogP contribution in [0.4, 0.5) is 0 Å². The number of fused-ring (bicyclic) bond motifs is 2. The van der Waals surface area contributed by atoms with Crippen LogP contribution in [0.15, 0.2) is 71.7 Å². The molecule has 196 valence electrons. The van der Waals surface area contributed by atoms with Crippen molar-refractivity contribution >= 4 is 50.0 Å². The Hall–Kier alpha value is -3.43. The van der Waals surface area contributed by atoms with Crippen molar-refractivity contribution < 1.29 is 9.90 Å². The first-order valence-corrected chi connectivity index (χ1v) is 13.5. The van der Waals surface area contributed by atoms with Gasteiger partial charge in [-0.1, -0.05) is 41.9 Å². The summed E-state index contributed by atoms with van der Waals surface area (Å²) in [5, 5.41) is 16.0. The lowest BCUT2D eigenvalue weighted by Crippen LogP contribution is -2.29. The molecule has 0 saturated heterocycles. The number of rotatable bonds is 8. The second-order valence-electron chi connectivity index (χ2n) is 9.62. The molecule has 38 heavy (non-hydrogen) atoms. The van der Waals surface area contributed by atoms with Gasteiger partial charge in [-0.15, -0.1) is 11.3 Å². The second-order valence-corrected chi connectivity index (χ2v) is 11.2. The average Bonchev–Trinajstić information content (AvgIpc) is 3.47. The second kappa shape index (κ2) is 10.7. The number of aliphatic hydroxyl groups excluding tert-OH is 1. The number of benzene rings is 2. The number of aryl methyl sites for hydroxylation is 2. The van der Waals surface area contributed by atoms with Crippen molar-refractivity contribution in [3.8, 4) is 0 Å². The summed E-state index contributed by atoms with van der Waals surface area (Å²) >= 11 is 7.44. The molecule has 0 aliphatic rings. The van der Waals surface area contributed by atoms with Crippen LogP contribution in [0.25, 0.3) is 21.1 Å². The number of pyridine rings is 1. The lowest BCUT2D eigenvalue weighted by atomic mass is 10.2. The quantitative estimate of drug-likeness (QED) is 0.291. The minimum absolute atomic E-state index is 0.109. The highest BCUT2D eigenvalue weighted by Gasteiger charge is 2.19. The van der Waals surface area contributed by atoms with Crippen LogP contribution in [-0.4, -0.2) is 38.6 Å². The zero-order valence-electron chi connectivity index (χ0n) is 21.4. The zero-order chi connectivity index (χ0) is 27.0. The summed E-state index contributed by atoms with van der Waals surface area (Å²) in [4.78, 5) is 29.9. The molecule has 9 heteroatoms. The van der Waals surface area contributed by atoms with Crippen molar-refractivity contribution in [1.82, 2.24) is 19.4 Å².